The quantitative estimate of drug-likeness (QED) is 0.616. The van der Waals surface area contributed by atoms with E-state index in [1.54, 1.807) is 13.8 Å². The molecule has 0 fully saturated rings. The van der Waals surface area contributed by atoms with Gasteiger partial charge in [-0.25, -0.2) is 17.2 Å². The lowest BCUT2D eigenvalue weighted by Gasteiger charge is -2.27. The van der Waals surface area contributed by atoms with Gasteiger partial charge in [-0.15, -0.1) is 0 Å². The number of sulfonamides is 1. The first-order valence-corrected chi connectivity index (χ1v) is 11.2. The minimum absolute atomic E-state index is 0.00719. The van der Waals surface area contributed by atoms with Crippen LogP contribution in [0.25, 0.3) is 0 Å². The van der Waals surface area contributed by atoms with Crippen LogP contribution in [-0.2, 0) is 23.6 Å². The topological polar surface area (TPSA) is 81.7 Å². The zero-order valence-corrected chi connectivity index (χ0v) is 16.5. The molecule has 1 N–H and O–H groups in total. The average molecular weight is 419 g/mol. The molecule has 2 rings (SSSR count). The van der Waals surface area contributed by atoms with Crippen LogP contribution in [0, 0.1) is 11.6 Å². The summed E-state index contributed by atoms with van der Waals surface area (Å²) in [6, 6.07) is 8.93. The standard InChI is InChI=1S/C17H20F2NO5PS/c1-3-24-26(21,25-4-2)17(13-5-7-14(18)8-6-13)20-27(22,23)16-11-9-15(19)10-12-16/h5-12,17,20H,3-4H2,1-2H3. The summed E-state index contributed by atoms with van der Waals surface area (Å²) in [5, 5.41) is 0. The van der Waals surface area contributed by atoms with Crippen LogP contribution in [0.2, 0.25) is 0 Å². The molecule has 0 aliphatic carbocycles. The zero-order valence-electron chi connectivity index (χ0n) is 14.8. The van der Waals surface area contributed by atoms with E-state index in [1.807, 2.05) is 0 Å². The summed E-state index contributed by atoms with van der Waals surface area (Å²) in [6.07, 6.45) is 0. The zero-order chi connectivity index (χ0) is 20.1. The molecule has 0 saturated carbocycles. The minimum Gasteiger partial charge on any atom is -0.308 e. The second-order valence-corrected chi connectivity index (χ2v) is 9.23. The van der Waals surface area contributed by atoms with E-state index in [9.17, 15) is 21.8 Å². The summed E-state index contributed by atoms with van der Waals surface area (Å²) in [5.41, 5.74) is 0.201. The molecule has 10 heteroatoms. The molecular formula is C17H20F2NO5PS. The van der Waals surface area contributed by atoms with Gasteiger partial charge in [0, 0.05) is 0 Å². The number of halogens is 2. The molecule has 0 aliphatic heterocycles. The van der Waals surface area contributed by atoms with Crippen LogP contribution < -0.4 is 4.72 Å². The third kappa shape index (κ3) is 5.43. The van der Waals surface area contributed by atoms with Gasteiger partial charge in [0.25, 0.3) is 0 Å². The van der Waals surface area contributed by atoms with Crippen LogP contribution in [0.4, 0.5) is 8.78 Å². The Balaban J connectivity index is 2.50. The van der Waals surface area contributed by atoms with Crippen molar-refractivity contribution < 1.29 is 30.8 Å². The summed E-state index contributed by atoms with van der Waals surface area (Å²) in [4.78, 5) is -0.226. The normalized spacial score (nSPS) is 13.5. The van der Waals surface area contributed by atoms with Crippen LogP contribution in [-0.4, -0.2) is 21.6 Å². The van der Waals surface area contributed by atoms with Gasteiger partial charge in [0.2, 0.25) is 10.0 Å². The van der Waals surface area contributed by atoms with Gasteiger partial charge in [-0.3, -0.25) is 4.57 Å². The molecule has 0 spiro atoms. The van der Waals surface area contributed by atoms with Crippen LogP contribution in [0.1, 0.15) is 25.2 Å². The van der Waals surface area contributed by atoms with E-state index in [1.165, 1.54) is 12.1 Å². The number of benzene rings is 2. The van der Waals surface area contributed by atoms with Crippen molar-refractivity contribution in [2.45, 2.75) is 24.5 Å². The van der Waals surface area contributed by atoms with E-state index < -0.39 is 35.0 Å². The summed E-state index contributed by atoms with van der Waals surface area (Å²) in [5.74, 6) is -2.55. The summed E-state index contributed by atoms with van der Waals surface area (Å²) < 4.78 is 77.9. The van der Waals surface area contributed by atoms with E-state index >= 15 is 0 Å². The van der Waals surface area contributed by atoms with Crippen LogP contribution in [0.5, 0.6) is 0 Å². The van der Waals surface area contributed by atoms with Gasteiger partial charge in [-0.2, -0.15) is 4.72 Å². The molecule has 0 bridgehead atoms. The smallest absolute Gasteiger partial charge is 0.308 e. The van der Waals surface area contributed by atoms with Crippen molar-refractivity contribution in [3.8, 4) is 0 Å². The van der Waals surface area contributed by atoms with Crippen molar-refractivity contribution >= 4 is 17.6 Å². The predicted molar refractivity (Wildman–Crippen MR) is 96.7 cm³/mol. The van der Waals surface area contributed by atoms with Gasteiger partial charge in [0.1, 0.15) is 17.4 Å². The Hall–Kier alpha value is -1.64. The second kappa shape index (κ2) is 9.03. The highest BCUT2D eigenvalue weighted by atomic mass is 32.2. The van der Waals surface area contributed by atoms with Gasteiger partial charge >= 0.3 is 7.60 Å². The summed E-state index contributed by atoms with van der Waals surface area (Å²) >= 11 is 0. The third-order valence-electron chi connectivity index (χ3n) is 3.51. The van der Waals surface area contributed by atoms with Crippen molar-refractivity contribution in [2.75, 3.05) is 13.2 Å². The van der Waals surface area contributed by atoms with Gasteiger partial charge < -0.3 is 9.05 Å². The summed E-state index contributed by atoms with van der Waals surface area (Å²) in [6.45, 7) is 3.18. The number of nitrogens with one attached hydrogen (secondary N) is 1. The molecule has 2 aromatic carbocycles. The molecule has 27 heavy (non-hydrogen) atoms. The predicted octanol–water partition coefficient (Wildman–Crippen LogP) is 4.21. The van der Waals surface area contributed by atoms with Crippen molar-refractivity contribution in [2.24, 2.45) is 0 Å². The van der Waals surface area contributed by atoms with Gasteiger partial charge in [0.15, 0.2) is 0 Å². The van der Waals surface area contributed by atoms with Crippen molar-refractivity contribution in [1.29, 1.82) is 0 Å². The maximum atomic E-state index is 13.3. The van der Waals surface area contributed by atoms with E-state index in [0.717, 1.165) is 36.4 Å². The maximum Gasteiger partial charge on any atom is 0.352 e. The van der Waals surface area contributed by atoms with E-state index in [2.05, 4.69) is 4.72 Å². The monoisotopic (exact) mass is 419 g/mol. The second-order valence-electron chi connectivity index (χ2n) is 5.40. The fourth-order valence-corrected chi connectivity index (χ4v) is 5.96. The van der Waals surface area contributed by atoms with Crippen molar-refractivity contribution in [3.05, 3.63) is 65.7 Å². The lowest BCUT2D eigenvalue weighted by atomic mass is 10.2. The fraction of sp³-hybridized carbons (Fsp3) is 0.294. The average Bonchev–Trinajstić information content (AvgIpc) is 2.61. The molecule has 148 valence electrons. The van der Waals surface area contributed by atoms with Crippen molar-refractivity contribution in [3.63, 3.8) is 0 Å². The van der Waals surface area contributed by atoms with Crippen LogP contribution in [0.3, 0.4) is 0 Å². The lowest BCUT2D eigenvalue weighted by molar-refractivity contribution is 0.210. The number of hydrogen-bond donors (Lipinski definition) is 1. The van der Waals surface area contributed by atoms with E-state index in [4.69, 9.17) is 9.05 Å². The Morgan fingerprint density at radius 1 is 0.926 bits per heavy atom. The largest absolute Gasteiger partial charge is 0.352 e. The first-order chi connectivity index (χ1) is 12.7. The Labute approximate surface area is 157 Å². The fourth-order valence-electron chi connectivity index (χ4n) is 2.34. The molecule has 6 nitrogen and oxygen atoms in total. The highest BCUT2D eigenvalue weighted by Gasteiger charge is 2.40. The molecule has 0 radical (unpaired) electrons. The molecule has 0 aromatic heterocycles. The first-order valence-electron chi connectivity index (χ1n) is 8.14. The Kier molecular flexibility index (Phi) is 7.25. The first kappa shape index (κ1) is 21.7. The summed E-state index contributed by atoms with van der Waals surface area (Å²) in [7, 11) is -8.18. The Morgan fingerprint density at radius 3 is 1.81 bits per heavy atom. The highest BCUT2D eigenvalue weighted by molar-refractivity contribution is 7.89. The van der Waals surface area contributed by atoms with Crippen molar-refractivity contribution in [1.82, 2.24) is 4.72 Å². The number of rotatable bonds is 9. The number of hydrogen-bond acceptors (Lipinski definition) is 5. The molecule has 1 unspecified atom stereocenters. The van der Waals surface area contributed by atoms with Crippen LogP contribution >= 0.6 is 7.60 Å². The molecule has 1 atom stereocenters. The minimum atomic E-state index is -4.20. The SMILES string of the molecule is CCOP(=O)(OCC)C(NS(=O)(=O)c1ccc(F)cc1)c1ccc(F)cc1. The Bertz CT molecular complexity index is 894. The molecule has 0 heterocycles. The van der Waals surface area contributed by atoms with Gasteiger partial charge in [-0.1, -0.05) is 12.1 Å². The maximum absolute atomic E-state index is 13.3. The third-order valence-corrected chi connectivity index (χ3v) is 7.42. The molecule has 0 aliphatic rings. The lowest BCUT2D eigenvalue weighted by Crippen LogP contribution is -2.30. The van der Waals surface area contributed by atoms with E-state index in [0.29, 0.717) is 0 Å². The van der Waals surface area contributed by atoms with Crippen LogP contribution in [0.15, 0.2) is 53.4 Å². The van der Waals surface area contributed by atoms with E-state index in [-0.39, 0.29) is 23.7 Å². The molecule has 0 amide bonds. The Morgan fingerprint density at radius 2 is 1.37 bits per heavy atom. The highest BCUT2D eigenvalue weighted by Crippen LogP contribution is 2.60. The molecule has 2 aromatic rings. The molecular weight excluding hydrogens is 399 g/mol. The van der Waals surface area contributed by atoms with Gasteiger partial charge in [-0.05, 0) is 55.8 Å². The molecule has 0 saturated heterocycles. The van der Waals surface area contributed by atoms with Gasteiger partial charge in [0.05, 0.1) is 18.1 Å².